The minimum Gasteiger partial charge on any atom is -0.328 e. The molecule has 0 aromatic heterocycles. The number of rotatable bonds is 5. The minimum atomic E-state index is 0.468. The van der Waals surface area contributed by atoms with Gasteiger partial charge in [0.25, 0.3) is 0 Å². The minimum absolute atomic E-state index is 0.468. The Hall–Kier alpha value is -0.0800. The Kier molecular flexibility index (Phi) is 5.77. The van der Waals surface area contributed by atoms with Crippen LogP contribution in [0.4, 0.5) is 0 Å². The van der Waals surface area contributed by atoms with Crippen molar-refractivity contribution >= 4 is 0 Å². The molecule has 1 saturated carbocycles. The standard InChI is InChI=1S/C14H30N2/c1-11(2)5-6-12(3)16(4)14-9-7-13(15)8-10-14/h11-14H,5-10,15H2,1-4H3. The van der Waals surface area contributed by atoms with Gasteiger partial charge in [0, 0.05) is 18.1 Å². The normalized spacial score (nSPS) is 28.7. The second kappa shape index (κ2) is 6.61. The molecule has 1 aliphatic carbocycles. The highest BCUT2D eigenvalue weighted by molar-refractivity contribution is 4.82. The molecule has 0 bridgehead atoms. The van der Waals surface area contributed by atoms with E-state index in [1.807, 2.05) is 0 Å². The van der Waals surface area contributed by atoms with Gasteiger partial charge in [0.1, 0.15) is 0 Å². The fourth-order valence-electron chi connectivity index (χ4n) is 2.65. The molecule has 96 valence electrons. The molecule has 2 nitrogen and oxygen atoms in total. The molecular weight excluding hydrogens is 196 g/mol. The summed E-state index contributed by atoms with van der Waals surface area (Å²) in [6.45, 7) is 7.00. The first-order valence-corrected chi connectivity index (χ1v) is 6.98. The van der Waals surface area contributed by atoms with Gasteiger partial charge >= 0.3 is 0 Å². The van der Waals surface area contributed by atoms with Crippen molar-refractivity contribution in [2.24, 2.45) is 11.7 Å². The molecule has 1 rings (SSSR count). The number of hydrogen-bond acceptors (Lipinski definition) is 2. The van der Waals surface area contributed by atoms with E-state index in [1.165, 1.54) is 38.5 Å². The van der Waals surface area contributed by atoms with E-state index in [-0.39, 0.29) is 0 Å². The summed E-state index contributed by atoms with van der Waals surface area (Å²) in [4.78, 5) is 2.59. The van der Waals surface area contributed by atoms with Crippen molar-refractivity contribution in [1.29, 1.82) is 0 Å². The van der Waals surface area contributed by atoms with E-state index in [0.717, 1.165) is 18.0 Å². The highest BCUT2D eigenvalue weighted by Crippen LogP contribution is 2.24. The molecule has 1 fully saturated rings. The highest BCUT2D eigenvalue weighted by atomic mass is 15.2. The molecule has 1 atom stereocenters. The summed E-state index contributed by atoms with van der Waals surface area (Å²) in [5.74, 6) is 0.829. The van der Waals surface area contributed by atoms with Crippen LogP contribution in [0, 0.1) is 5.92 Å². The lowest BCUT2D eigenvalue weighted by molar-refractivity contribution is 0.131. The molecule has 1 aliphatic rings. The molecule has 0 amide bonds. The summed E-state index contributed by atoms with van der Waals surface area (Å²) >= 11 is 0. The summed E-state index contributed by atoms with van der Waals surface area (Å²) in [7, 11) is 2.30. The third-order valence-electron chi connectivity index (χ3n) is 4.17. The number of nitrogens with two attached hydrogens (primary N) is 1. The zero-order chi connectivity index (χ0) is 12.1. The van der Waals surface area contributed by atoms with Crippen LogP contribution in [0.5, 0.6) is 0 Å². The fraction of sp³-hybridized carbons (Fsp3) is 1.00. The Bertz CT molecular complexity index is 183. The van der Waals surface area contributed by atoms with Crippen LogP contribution in [0.25, 0.3) is 0 Å². The number of nitrogens with zero attached hydrogens (tertiary/aromatic N) is 1. The topological polar surface area (TPSA) is 29.3 Å². The maximum absolute atomic E-state index is 5.95. The van der Waals surface area contributed by atoms with Crippen molar-refractivity contribution < 1.29 is 0 Å². The molecule has 0 aliphatic heterocycles. The quantitative estimate of drug-likeness (QED) is 0.781. The molecule has 2 N–H and O–H groups in total. The summed E-state index contributed by atoms with van der Waals surface area (Å²) < 4.78 is 0. The van der Waals surface area contributed by atoms with Gasteiger partial charge in [-0.25, -0.2) is 0 Å². The average molecular weight is 226 g/mol. The maximum atomic E-state index is 5.95. The second-order valence-electron chi connectivity index (χ2n) is 6.05. The van der Waals surface area contributed by atoms with E-state index < -0.39 is 0 Å². The number of hydrogen-bond donors (Lipinski definition) is 1. The van der Waals surface area contributed by atoms with Crippen LogP contribution < -0.4 is 5.73 Å². The first-order valence-electron chi connectivity index (χ1n) is 6.98. The van der Waals surface area contributed by atoms with Crippen molar-refractivity contribution in [3.63, 3.8) is 0 Å². The van der Waals surface area contributed by atoms with Gasteiger partial charge in [-0.15, -0.1) is 0 Å². The summed E-state index contributed by atoms with van der Waals surface area (Å²) in [6, 6.07) is 1.97. The first-order chi connectivity index (χ1) is 7.50. The summed E-state index contributed by atoms with van der Waals surface area (Å²) in [5, 5.41) is 0. The molecule has 16 heavy (non-hydrogen) atoms. The fourth-order valence-corrected chi connectivity index (χ4v) is 2.65. The van der Waals surface area contributed by atoms with Gasteiger partial charge in [0.05, 0.1) is 0 Å². The van der Waals surface area contributed by atoms with Crippen LogP contribution in [-0.4, -0.2) is 30.1 Å². The lowest BCUT2D eigenvalue weighted by Crippen LogP contribution is -2.43. The molecule has 0 radical (unpaired) electrons. The van der Waals surface area contributed by atoms with Gasteiger partial charge in [-0.3, -0.25) is 0 Å². The van der Waals surface area contributed by atoms with E-state index in [1.54, 1.807) is 0 Å². The van der Waals surface area contributed by atoms with Gasteiger partial charge in [-0.05, 0) is 58.4 Å². The van der Waals surface area contributed by atoms with Gasteiger partial charge in [0.2, 0.25) is 0 Å². The molecule has 0 aromatic rings. The SMILES string of the molecule is CC(C)CCC(C)N(C)C1CCC(N)CC1. The Labute approximate surface area is 102 Å². The molecule has 0 aromatic carbocycles. The lowest BCUT2D eigenvalue weighted by Gasteiger charge is -2.37. The predicted octanol–water partition coefficient (Wildman–Crippen LogP) is 3.01. The van der Waals surface area contributed by atoms with E-state index in [9.17, 15) is 0 Å². The van der Waals surface area contributed by atoms with Crippen LogP contribution in [0.2, 0.25) is 0 Å². The van der Waals surface area contributed by atoms with Crippen LogP contribution >= 0.6 is 0 Å². The monoisotopic (exact) mass is 226 g/mol. The largest absolute Gasteiger partial charge is 0.328 e. The lowest BCUT2D eigenvalue weighted by atomic mass is 9.90. The summed E-state index contributed by atoms with van der Waals surface area (Å²) in [5.41, 5.74) is 5.95. The summed E-state index contributed by atoms with van der Waals surface area (Å²) in [6.07, 6.45) is 7.69. The zero-order valence-corrected chi connectivity index (χ0v) is 11.6. The van der Waals surface area contributed by atoms with E-state index >= 15 is 0 Å². The smallest absolute Gasteiger partial charge is 0.00961 e. The zero-order valence-electron chi connectivity index (χ0n) is 11.6. The Morgan fingerprint density at radius 1 is 1.06 bits per heavy atom. The highest BCUT2D eigenvalue weighted by Gasteiger charge is 2.24. The molecule has 0 spiro atoms. The van der Waals surface area contributed by atoms with Crippen LogP contribution in [0.15, 0.2) is 0 Å². The van der Waals surface area contributed by atoms with Crippen molar-refractivity contribution in [2.75, 3.05) is 7.05 Å². The Morgan fingerprint density at radius 2 is 1.62 bits per heavy atom. The molecule has 1 unspecified atom stereocenters. The molecule has 2 heteroatoms. The third-order valence-corrected chi connectivity index (χ3v) is 4.17. The van der Waals surface area contributed by atoms with E-state index in [0.29, 0.717) is 6.04 Å². The van der Waals surface area contributed by atoms with Crippen LogP contribution in [-0.2, 0) is 0 Å². The van der Waals surface area contributed by atoms with Gasteiger partial charge in [-0.2, -0.15) is 0 Å². The predicted molar refractivity (Wildman–Crippen MR) is 71.5 cm³/mol. The second-order valence-corrected chi connectivity index (χ2v) is 6.05. The van der Waals surface area contributed by atoms with Gasteiger partial charge < -0.3 is 10.6 Å². The van der Waals surface area contributed by atoms with E-state index in [4.69, 9.17) is 5.73 Å². The molecule has 0 saturated heterocycles. The van der Waals surface area contributed by atoms with Crippen molar-refractivity contribution in [3.05, 3.63) is 0 Å². The van der Waals surface area contributed by atoms with Crippen molar-refractivity contribution in [3.8, 4) is 0 Å². The first kappa shape index (κ1) is 14.0. The van der Waals surface area contributed by atoms with Gasteiger partial charge in [-0.1, -0.05) is 13.8 Å². The van der Waals surface area contributed by atoms with Crippen LogP contribution in [0.3, 0.4) is 0 Å². The Balaban J connectivity index is 2.29. The average Bonchev–Trinajstić information content (AvgIpc) is 2.26. The van der Waals surface area contributed by atoms with Gasteiger partial charge in [0.15, 0.2) is 0 Å². The Morgan fingerprint density at radius 3 is 2.12 bits per heavy atom. The molecule has 0 heterocycles. The van der Waals surface area contributed by atoms with Crippen LogP contribution in [0.1, 0.15) is 59.3 Å². The third kappa shape index (κ3) is 4.42. The maximum Gasteiger partial charge on any atom is 0.00961 e. The van der Waals surface area contributed by atoms with Crippen molar-refractivity contribution in [1.82, 2.24) is 4.90 Å². The van der Waals surface area contributed by atoms with E-state index in [2.05, 4.69) is 32.7 Å². The van der Waals surface area contributed by atoms with Crippen molar-refractivity contribution in [2.45, 2.75) is 77.4 Å². The molecular formula is C14H30N2.